The third-order valence-corrected chi connectivity index (χ3v) is 4.69. The summed E-state index contributed by atoms with van der Waals surface area (Å²) < 4.78 is 5.47. The van der Waals surface area contributed by atoms with Gasteiger partial charge in [-0.3, -0.25) is 0 Å². The summed E-state index contributed by atoms with van der Waals surface area (Å²) in [4.78, 5) is 0. The molecular formula is C18H29NO. The minimum atomic E-state index is 0.633. The van der Waals surface area contributed by atoms with Crippen LogP contribution in [0.3, 0.4) is 0 Å². The Morgan fingerprint density at radius 2 is 1.95 bits per heavy atom. The van der Waals surface area contributed by atoms with Crippen molar-refractivity contribution in [2.24, 2.45) is 5.92 Å². The van der Waals surface area contributed by atoms with Crippen molar-refractivity contribution in [2.75, 3.05) is 7.11 Å². The summed E-state index contributed by atoms with van der Waals surface area (Å²) >= 11 is 0. The van der Waals surface area contributed by atoms with Crippen LogP contribution in [0.2, 0.25) is 0 Å². The molecule has 2 unspecified atom stereocenters. The molecule has 1 aliphatic rings. The van der Waals surface area contributed by atoms with Gasteiger partial charge >= 0.3 is 0 Å². The maximum Gasteiger partial charge on any atom is 0.122 e. The summed E-state index contributed by atoms with van der Waals surface area (Å²) in [5.41, 5.74) is 1.38. The molecule has 1 fully saturated rings. The summed E-state index contributed by atoms with van der Waals surface area (Å²) in [6.07, 6.45) is 5.04. The van der Waals surface area contributed by atoms with Gasteiger partial charge in [0.15, 0.2) is 0 Å². The van der Waals surface area contributed by atoms with Crippen LogP contribution in [0.1, 0.15) is 57.9 Å². The lowest BCUT2D eigenvalue weighted by Gasteiger charge is -2.39. The molecule has 2 rings (SSSR count). The Kier molecular flexibility index (Phi) is 5.47. The fraction of sp³-hybridized carbons (Fsp3) is 0.667. The summed E-state index contributed by atoms with van der Waals surface area (Å²) in [6, 6.07) is 9.76. The molecule has 0 saturated heterocycles. The molecule has 2 heteroatoms. The second kappa shape index (κ2) is 7.12. The summed E-state index contributed by atoms with van der Waals surface area (Å²) in [7, 11) is 1.77. The highest BCUT2D eigenvalue weighted by Gasteiger charge is 2.32. The Balaban J connectivity index is 1.79. The van der Waals surface area contributed by atoms with Crippen molar-refractivity contribution in [3.05, 3.63) is 29.8 Å². The van der Waals surface area contributed by atoms with Crippen LogP contribution in [0.15, 0.2) is 24.3 Å². The first-order valence-electron chi connectivity index (χ1n) is 8.03. The Hall–Kier alpha value is -1.02. The van der Waals surface area contributed by atoms with E-state index in [-0.39, 0.29) is 0 Å². The Morgan fingerprint density at radius 3 is 2.60 bits per heavy atom. The zero-order chi connectivity index (χ0) is 14.5. The molecular weight excluding hydrogens is 246 g/mol. The zero-order valence-corrected chi connectivity index (χ0v) is 13.4. The van der Waals surface area contributed by atoms with Gasteiger partial charge in [-0.1, -0.05) is 38.5 Å². The van der Waals surface area contributed by atoms with Crippen LogP contribution in [-0.2, 0) is 0 Å². The summed E-state index contributed by atoms with van der Waals surface area (Å²) in [5.74, 6) is 2.53. The molecule has 0 radical (unpaired) electrons. The summed E-state index contributed by atoms with van der Waals surface area (Å²) in [5, 5.41) is 3.78. The van der Waals surface area contributed by atoms with Crippen molar-refractivity contribution in [3.63, 3.8) is 0 Å². The number of ether oxygens (including phenoxy) is 1. The van der Waals surface area contributed by atoms with Gasteiger partial charge < -0.3 is 10.1 Å². The van der Waals surface area contributed by atoms with E-state index in [4.69, 9.17) is 4.74 Å². The van der Waals surface area contributed by atoms with Crippen molar-refractivity contribution >= 4 is 0 Å². The number of hydrogen-bond donors (Lipinski definition) is 1. The second-order valence-corrected chi connectivity index (χ2v) is 6.42. The number of methoxy groups -OCH3 is 1. The van der Waals surface area contributed by atoms with E-state index in [0.717, 1.165) is 11.7 Å². The van der Waals surface area contributed by atoms with E-state index < -0.39 is 0 Å². The van der Waals surface area contributed by atoms with Gasteiger partial charge in [0.2, 0.25) is 0 Å². The van der Waals surface area contributed by atoms with Crippen molar-refractivity contribution < 1.29 is 4.74 Å². The molecule has 1 aromatic carbocycles. The molecule has 0 amide bonds. The molecule has 0 heterocycles. The fourth-order valence-electron chi connectivity index (χ4n) is 3.25. The second-order valence-electron chi connectivity index (χ2n) is 6.42. The molecule has 112 valence electrons. The molecule has 0 bridgehead atoms. The molecule has 0 aliphatic heterocycles. The van der Waals surface area contributed by atoms with Gasteiger partial charge in [0.1, 0.15) is 5.75 Å². The minimum Gasteiger partial charge on any atom is -0.496 e. The first-order valence-corrected chi connectivity index (χ1v) is 8.03. The van der Waals surface area contributed by atoms with E-state index in [2.05, 4.69) is 44.3 Å². The average molecular weight is 275 g/mol. The lowest BCUT2D eigenvalue weighted by atomic mass is 9.75. The van der Waals surface area contributed by atoms with Gasteiger partial charge in [0.25, 0.3) is 0 Å². The Bertz CT molecular complexity index is 412. The molecule has 1 aromatic rings. The van der Waals surface area contributed by atoms with Crippen LogP contribution >= 0.6 is 0 Å². The minimum absolute atomic E-state index is 0.633. The van der Waals surface area contributed by atoms with Crippen LogP contribution in [0, 0.1) is 5.92 Å². The molecule has 2 atom stereocenters. The standard InChI is InChI=1S/C18H29NO/c1-5-13(2)10-14(3)19-16-11-15(12-16)17-8-6-7-9-18(17)20-4/h6-9,13-16,19H,5,10-12H2,1-4H3. The fourth-order valence-corrected chi connectivity index (χ4v) is 3.25. The maximum absolute atomic E-state index is 5.47. The Morgan fingerprint density at radius 1 is 1.25 bits per heavy atom. The largest absolute Gasteiger partial charge is 0.496 e. The molecule has 1 saturated carbocycles. The lowest BCUT2D eigenvalue weighted by molar-refractivity contribution is 0.250. The Labute approximate surface area is 123 Å². The van der Waals surface area contributed by atoms with Crippen LogP contribution in [-0.4, -0.2) is 19.2 Å². The molecule has 0 spiro atoms. The third-order valence-electron chi connectivity index (χ3n) is 4.69. The molecule has 1 aliphatic carbocycles. The normalized spacial score (nSPS) is 24.8. The predicted octanol–water partition coefficient (Wildman–Crippen LogP) is 4.36. The van der Waals surface area contributed by atoms with Crippen LogP contribution in [0.25, 0.3) is 0 Å². The van der Waals surface area contributed by atoms with E-state index in [0.29, 0.717) is 18.0 Å². The van der Waals surface area contributed by atoms with Crippen molar-refractivity contribution in [2.45, 2.75) is 64.5 Å². The SMILES string of the molecule is CCC(C)CC(C)NC1CC(c2ccccc2OC)C1. The number of benzene rings is 1. The van der Waals surface area contributed by atoms with E-state index >= 15 is 0 Å². The lowest BCUT2D eigenvalue weighted by Crippen LogP contribution is -2.45. The highest BCUT2D eigenvalue weighted by Crippen LogP contribution is 2.41. The highest BCUT2D eigenvalue weighted by molar-refractivity contribution is 5.37. The number of hydrogen-bond acceptors (Lipinski definition) is 2. The third kappa shape index (κ3) is 3.76. The van der Waals surface area contributed by atoms with Gasteiger partial charge in [-0.05, 0) is 49.7 Å². The van der Waals surface area contributed by atoms with Crippen LogP contribution in [0.4, 0.5) is 0 Å². The average Bonchev–Trinajstić information content (AvgIpc) is 2.42. The van der Waals surface area contributed by atoms with Gasteiger partial charge in [0, 0.05) is 12.1 Å². The number of rotatable bonds is 7. The summed E-state index contributed by atoms with van der Waals surface area (Å²) in [6.45, 7) is 6.94. The quantitative estimate of drug-likeness (QED) is 0.798. The molecule has 1 N–H and O–H groups in total. The zero-order valence-electron chi connectivity index (χ0n) is 13.4. The monoisotopic (exact) mass is 275 g/mol. The smallest absolute Gasteiger partial charge is 0.122 e. The predicted molar refractivity (Wildman–Crippen MR) is 85.4 cm³/mol. The van der Waals surface area contributed by atoms with Crippen LogP contribution in [0.5, 0.6) is 5.75 Å². The van der Waals surface area contributed by atoms with E-state index in [1.54, 1.807) is 7.11 Å². The van der Waals surface area contributed by atoms with Crippen LogP contribution < -0.4 is 10.1 Å². The number of para-hydroxylation sites is 1. The van der Waals surface area contributed by atoms with E-state index in [1.807, 2.05) is 6.07 Å². The van der Waals surface area contributed by atoms with Gasteiger partial charge in [-0.15, -0.1) is 0 Å². The topological polar surface area (TPSA) is 21.3 Å². The van der Waals surface area contributed by atoms with Crippen molar-refractivity contribution in [1.82, 2.24) is 5.32 Å². The molecule has 20 heavy (non-hydrogen) atoms. The first-order chi connectivity index (χ1) is 9.63. The molecule has 2 nitrogen and oxygen atoms in total. The van der Waals surface area contributed by atoms with Gasteiger partial charge in [0.05, 0.1) is 7.11 Å². The van der Waals surface area contributed by atoms with Gasteiger partial charge in [-0.2, -0.15) is 0 Å². The number of nitrogens with one attached hydrogen (secondary N) is 1. The maximum atomic E-state index is 5.47. The highest BCUT2D eigenvalue weighted by atomic mass is 16.5. The van der Waals surface area contributed by atoms with Gasteiger partial charge in [-0.25, -0.2) is 0 Å². The first kappa shape index (κ1) is 15.4. The molecule has 0 aromatic heterocycles. The van der Waals surface area contributed by atoms with Crippen molar-refractivity contribution in [1.29, 1.82) is 0 Å². The van der Waals surface area contributed by atoms with E-state index in [9.17, 15) is 0 Å². The van der Waals surface area contributed by atoms with Crippen molar-refractivity contribution in [3.8, 4) is 5.75 Å². The van der Waals surface area contributed by atoms with E-state index in [1.165, 1.54) is 31.2 Å².